The monoisotopic (exact) mass is 618 g/mol. The number of aliphatic hydroxyl groups excluding tert-OH is 2. The highest BCUT2D eigenvalue weighted by atomic mass is 32.2. The Labute approximate surface area is 255 Å². The number of esters is 2. The maximum absolute atomic E-state index is 14.8. The Morgan fingerprint density at radius 3 is 2.33 bits per heavy atom. The van der Waals surface area contributed by atoms with E-state index in [0.717, 1.165) is 0 Å². The van der Waals surface area contributed by atoms with E-state index < -0.39 is 76.0 Å². The Kier molecular flexibility index (Phi) is 7.81. The van der Waals surface area contributed by atoms with Gasteiger partial charge in [-0.25, -0.2) is 4.79 Å². The second-order valence-corrected chi connectivity index (χ2v) is 14.3. The molecule has 1 aliphatic heterocycles. The highest BCUT2D eigenvalue weighted by Gasteiger charge is 2.78. The number of aliphatic hydroxyl groups is 3. The molecule has 228 valence electrons. The minimum absolute atomic E-state index is 0.111. The summed E-state index contributed by atoms with van der Waals surface area (Å²) in [6, 6.07) is 8.25. The second kappa shape index (κ2) is 10.5. The summed E-state index contributed by atoms with van der Waals surface area (Å²) in [5.74, 6) is -3.86. The maximum Gasteiger partial charge on any atom is 0.338 e. The molecule has 0 radical (unpaired) electrons. The van der Waals surface area contributed by atoms with Gasteiger partial charge in [0, 0.05) is 30.1 Å². The molecule has 1 saturated heterocycles. The van der Waals surface area contributed by atoms with Gasteiger partial charge < -0.3 is 29.5 Å². The van der Waals surface area contributed by atoms with Crippen molar-refractivity contribution < 1.29 is 43.9 Å². The van der Waals surface area contributed by atoms with E-state index in [9.17, 15) is 29.7 Å². The summed E-state index contributed by atoms with van der Waals surface area (Å²) in [7, 11) is 0. The van der Waals surface area contributed by atoms with Crippen molar-refractivity contribution in [2.75, 3.05) is 12.9 Å². The van der Waals surface area contributed by atoms with Crippen LogP contribution in [0.5, 0.6) is 0 Å². The molecule has 1 heterocycles. The van der Waals surface area contributed by atoms with Gasteiger partial charge in [0.2, 0.25) is 0 Å². The van der Waals surface area contributed by atoms with Crippen molar-refractivity contribution in [2.45, 2.75) is 83.1 Å². The summed E-state index contributed by atoms with van der Waals surface area (Å²) in [5.41, 5.74) is -5.67. The van der Waals surface area contributed by atoms with Crippen LogP contribution in [0.4, 0.5) is 0 Å². The van der Waals surface area contributed by atoms with Crippen molar-refractivity contribution in [1.82, 2.24) is 0 Å². The molecule has 1 aromatic rings. The average Bonchev–Trinajstić information content (AvgIpc) is 2.93. The third-order valence-corrected chi connectivity index (χ3v) is 11.9. The molecule has 3 N–H and O–H groups in total. The van der Waals surface area contributed by atoms with E-state index in [1.165, 1.54) is 18.7 Å². The zero-order chi connectivity index (χ0) is 31.0. The molecule has 9 atom stereocenters. The fourth-order valence-corrected chi connectivity index (χ4v) is 9.14. The van der Waals surface area contributed by atoms with Crippen LogP contribution >= 0.6 is 24.0 Å². The van der Waals surface area contributed by atoms with Crippen molar-refractivity contribution in [1.29, 1.82) is 0 Å². The van der Waals surface area contributed by atoms with Gasteiger partial charge in [-0.2, -0.15) is 0 Å². The number of Topliss-reactive ketones (excluding diaryl/α,β-unsaturated/α-hetero) is 1. The van der Waals surface area contributed by atoms with Crippen LogP contribution in [0.15, 0.2) is 41.5 Å². The molecule has 3 aliphatic carbocycles. The number of carbonyl (C=O) groups excluding carboxylic acids is 3. The number of carbonyl (C=O) groups is 3. The lowest BCUT2D eigenvalue weighted by Gasteiger charge is -2.68. The second-order valence-electron chi connectivity index (χ2n) is 12.7. The summed E-state index contributed by atoms with van der Waals surface area (Å²) < 4.78 is 18.8. The standard InChI is InChI=1S/C31H38O9S2/c1-15-19(33)13-31(37)25(39-26(36)17-10-8-7-9-11-17)23-29(5,24(35)22(34)21(15)28(31,3)4)18(27(41)42-6)12-20-30(23,14-38-20)40-16(2)32/h7-11,18-20,22-23,25,33-34,37H,12-14H2,1-6H3/t18-,19?,20?,22?,23?,25?,29-,30?,31?/m1/s1. The molecular weight excluding hydrogens is 580 g/mol. The lowest BCUT2D eigenvalue weighted by atomic mass is 9.43. The van der Waals surface area contributed by atoms with E-state index in [1.54, 1.807) is 64.3 Å². The van der Waals surface area contributed by atoms with Gasteiger partial charge >= 0.3 is 11.9 Å². The van der Waals surface area contributed by atoms with E-state index in [2.05, 4.69) is 0 Å². The Bertz CT molecular complexity index is 1360. The lowest BCUT2D eigenvalue weighted by molar-refractivity contribution is -0.336. The van der Waals surface area contributed by atoms with Gasteiger partial charge in [-0.05, 0) is 42.9 Å². The Morgan fingerprint density at radius 1 is 1.14 bits per heavy atom. The SMILES string of the molecule is CSC(=S)[C@H]1CC2OCC2(OC(C)=O)C2C(OC(=O)c3ccccc3)C3(O)CC(O)C(C)=C(C(O)C(=O)[C@@]21C)C3(C)C. The summed E-state index contributed by atoms with van der Waals surface area (Å²) in [6.45, 7) is 7.76. The normalized spacial score (nSPS) is 40.5. The maximum atomic E-state index is 14.8. The van der Waals surface area contributed by atoms with Crippen molar-refractivity contribution in [3.8, 4) is 0 Å². The van der Waals surface area contributed by atoms with Crippen LogP contribution in [-0.2, 0) is 23.8 Å². The molecule has 0 amide bonds. The minimum atomic E-state index is -2.02. The van der Waals surface area contributed by atoms with Crippen molar-refractivity contribution in [2.24, 2.45) is 22.7 Å². The number of hydrogen-bond acceptors (Lipinski definition) is 11. The molecule has 2 saturated carbocycles. The first kappa shape index (κ1) is 31.3. The predicted octanol–water partition coefficient (Wildman–Crippen LogP) is 3.03. The van der Waals surface area contributed by atoms with Crippen LogP contribution in [0.1, 0.15) is 57.8 Å². The number of benzene rings is 1. The van der Waals surface area contributed by atoms with Gasteiger partial charge in [0.05, 0.1) is 28.4 Å². The molecule has 9 nitrogen and oxygen atoms in total. The topological polar surface area (TPSA) is 140 Å². The smallest absolute Gasteiger partial charge is 0.338 e. The zero-order valence-electron chi connectivity index (χ0n) is 24.6. The molecule has 7 unspecified atom stereocenters. The Morgan fingerprint density at radius 2 is 1.79 bits per heavy atom. The van der Waals surface area contributed by atoms with Gasteiger partial charge in [0.15, 0.2) is 11.4 Å². The van der Waals surface area contributed by atoms with Gasteiger partial charge in [-0.3, -0.25) is 9.59 Å². The molecule has 42 heavy (non-hydrogen) atoms. The molecule has 2 bridgehead atoms. The first-order valence-corrected chi connectivity index (χ1v) is 15.7. The van der Waals surface area contributed by atoms with Gasteiger partial charge in [0.1, 0.15) is 23.9 Å². The first-order chi connectivity index (χ1) is 19.6. The first-order valence-electron chi connectivity index (χ1n) is 14.1. The molecule has 3 fully saturated rings. The number of thiocarbonyl (C=S) groups is 1. The highest BCUT2D eigenvalue weighted by Crippen LogP contribution is 2.65. The van der Waals surface area contributed by atoms with E-state index >= 15 is 0 Å². The van der Waals surface area contributed by atoms with E-state index in [1.807, 2.05) is 0 Å². The number of fused-ring (bicyclic) bond motifs is 5. The fourth-order valence-electron chi connectivity index (χ4n) is 8.17. The number of rotatable bonds is 4. The van der Waals surface area contributed by atoms with Crippen LogP contribution < -0.4 is 0 Å². The summed E-state index contributed by atoms with van der Waals surface area (Å²) in [4.78, 5) is 41.2. The van der Waals surface area contributed by atoms with Gasteiger partial charge in [0.25, 0.3) is 0 Å². The summed E-state index contributed by atoms with van der Waals surface area (Å²) >= 11 is 7.07. The van der Waals surface area contributed by atoms with Crippen LogP contribution in [0.25, 0.3) is 0 Å². The summed E-state index contributed by atoms with van der Waals surface area (Å²) in [5, 5.41) is 36.0. The number of ether oxygens (including phenoxy) is 3. The highest BCUT2D eigenvalue weighted by molar-refractivity contribution is 8.22. The molecule has 0 aromatic heterocycles. The van der Waals surface area contributed by atoms with E-state index in [-0.39, 0.29) is 30.6 Å². The van der Waals surface area contributed by atoms with Crippen LogP contribution in [-0.4, -0.2) is 85.7 Å². The molecule has 11 heteroatoms. The average molecular weight is 619 g/mol. The number of hydrogen-bond donors (Lipinski definition) is 3. The zero-order valence-corrected chi connectivity index (χ0v) is 26.2. The largest absolute Gasteiger partial charge is 0.455 e. The van der Waals surface area contributed by atoms with Crippen LogP contribution in [0.2, 0.25) is 0 Å². The van der Waals surface area contributed by atoms with Crippen molar-refractivity contribution >= 4 is 45.9 Å². The molecular formula is C31H38O9S2. The van der Waals surface area contributed by atoms with Crippen LogP contribution in [0, 0.1) is 22.7 Å². The third kappa shape index (κ3) is 4.18. The van der Waals surface area contributed by atoms with Crippen LogP contribution in [0.3, 0.4) is 0 Å². The van der Waals surface area contributed by atoms with Crippen molar-refractivity contribution in [3.63, 3.8) is 0 Å². The third-order valence-electron chi connectivity index (χ3n) is 10.5. The fraction of sp³-hybridized carbons (Fsp3) is 0.613. The van der Waals surface area contributed by atoms with Gasteiger partial charge in [-0.1, -0.05) is 51.2 Å². The molecule has 1 aromatic carbocycles. The molecule has 5 rings (SSSR count). The van der Waals surface area contributed by atoms with E-state index in [0.29, 0.717) is 9.77 Å². The Hall–Kier alpha value is -2.15. The predicted molar refractivity (Wildman–Crippen MR) is 159 cm³/mol. The number of thioether (sulfide) groups is 1. The molecule has 0 spiro atoms. The summed E-state index contributed by atoms with van der Waals surface area (Å²) in [6.07, 6.45) is -3.39. The number of ketones is 1. The minimum Gasteiger partial charge on any atom is -0.455 e. The van der Waals surface area contributed by atoms with E-state index in [4.69, 9.17) is 26.4 Å². The van der Waals surface area contributed by atoms with Gasteiger partial charge in [-0.15, -0.1) is 11.8 Å². The lowest BCUT2D eigenvalue weighted by Crippen LogP contribution is -2.81. The quantitative estimate of drug-likeness (QED) is 0.261. The van der Waals surface area contributed by atoms with Crippen molar-refractivity contribution in [3.05, 3.63) is 47.0 Å². The Balaban J connectivity index is 1.85. The molecule has 4 aliphatic rings.